The van der Waals surface area contributed by atoms with Gasteiger partial charge in [-0.25, -0.2) is 0 Å². The zero-order valence-electron chi connectivity index (χ0n) is 19.5. The molecule has 36 heavy (non-hydrogen) atoms. The van der Waals surface area contributed by atoms with Gasteiger partial charge in [0.25, 0.3) is 5.91 Å². The van der Waals surface area contributed by atoms with Crippen LogP contribution in [-0.4, -0.2) is 42.6 Å². The summed E-state index contributed by atoms with van der Waals surface area (Å²) in [6.45, 7) is 1.20. The quantitative estimate of drug-likeness (QED) is 0.261. The molecule has 4 rings (SSSR count). The maximum Gasteiger partial charge on any atom is 0.418 e. The van der Waals surface area contributed by atoms with E-state index in [1.165, 1.54) is 23.5 Å². The third kappa shape index (κ3) is 6.13. The van der Waals surface area contributed by atoms with E-state index in [1.807, 2.05) is 19.0 Å². The largest absolute Gasteiger partial charge is 0.418 e. The Kier molecular flexibility index (Phi) is 8.89. The standard InChI is InChI=1S/C26H23ClF3N3OS.ClH/c1-32(2)16-15-31-25(34)24-14-13-23(35-24)22-12-11-20(17-7-9-18(27)10-8-17)33(22)21-6-4-3-5-19(21)26(28,29)30;/h3-14H,15-16H2,1-2H3,(H,31,34);1H. The van der Waals surface area contributed by atoms with Gasteiger partial charge in [-0.15, -0.1) is 23.7 Å². The van der Waals surface area contributed by atoms with E-state index in [1.54, 1.807) is 59.2 Å². The van der Waals surface area contributed by atoms with Crippen LogP contribution in [0.1, 0.15) is 15.2 Å². The zero-order chi connectivity index (χ0) is 25.2. The fourth-order valence-corrected chi connectivity index (χ4v) is 4.78. The molecule has 4 aromatic rings. The highest BCUT2D eigenvalue weighted by Gasteiger charge is 2.34. The van der Waals surface area contributed by atoms with E-state index in [-0.39, 0.29) is 24.0 Å². The second-order valence-electron chi connectivity index (χ2n) is 8.18. The SMILES string of the molecule is CN(C)CCNC(=O)c1ccc(-c2ccc(-c3ccc(Cl)cc3)n2-c2ccccc2C(F)(F)F)s1.Cl. The molecule has 0 aliphatic rings. The third-order valence-electron chi connectivity index (χ3n) is 5.40. The van der Waals surface area contributed by atoms with E-state index in [2.05, 4.69) is 5.32 Å². The van der Waals surface area contributed by atoms with E-state index in [4.69, 9.17) is 11.6 Å². The van der Waals surface area contributed by atoms with Crippen molar-refractivity contribution in [2.75, 3.05) is 27.2 Å². The summed E-state index contributed by atoms with van der Waals surface area (Å²) in [6, 6.07) is 19.4. The summed E-state index contributed by atoms with van der Waals surface area (Å²) in [7, 11) is 3.83. The summed E-state index contributed by atoms with van der Waals surface area (Å²) in [5.41, 5.74) is 1.12. The lowest BCUT2D eigenvalue weighted by molar-refractivity contribution is -0.137. The van der Waals surface area contributed by atoms with Crippen LogP contribution in [0.5, 0.6) is 0 Å². The van der Waals surface area contributed by atoms with Gasteiger partial charge >= 0.3 is 6.18 Å². The van der Waals surface area contributed by atoms with E-state index < -0.39 is 11.7 Å². The second kappa shape index (κ2) is 11.5. The topological polar surface area (TPSA) is 37.3 Å². The Labute approximate surface area is 222 Å². The molecule has 10 heteroatoms. The van der Waals surface area contributed by atoms with Crippen LogP contribution in [0.4, 0.5) is 13.2 Å². The number of aromatic nitrogens is 1. The molecule has 2 aromatic heterocycles. The highest BCUT2D eigenvalue weighted by atomic mass is 35.5. The molecule has 2 heterocycles. The predicted molar refractivity (Wildman–Crippen MR) is 143 cm³/mol. The molecule has 0 aliphatic heterocycles. The van der Waals surface area contributed by atoms with Crippen molar-refractivity contribution in [3.63, 3.8) is 0 Å². The van der Waals surface area contributed by atoms with Gasteiger partial charge < -0.3 is 14.8 Å². The number of amides is 1. The number of thiophene rings is 1. The molecule has 1 amide bonds. The number of alkyl halides is 3. The molecular weight excluding hydrogens is 530 g/mol. The number of benzene rings is 2. The average Bonchev–Trinajstić information content (AvgIpc) is 3.46. The zero-order valence-corrected chi connectivity index (χ0v) is 21.9. The van der Waals surface area contributed by atoms with Crippen molar-refractivity contribution < 1.29 is 18.0 Å². The Hall–Kier alpha value is -2.78. The predicted octanol–water partition coefficient (Wildman–Crippen LogP) is 7.26. The first-order valence-corrected chi connectivity index (χ1v) is 12.0. The molecule has 0 spiro atoms. The number of carbonyl (C=O) groups excluding carboxylic acids is 1. The minimum atomic E-state index is -4.54. The van der Waals surface area contributed by atoms with E-state index in [0.29, 0.717) is 39.3 Å². The highest BCUT2D eigenvalue weighted by molar-refractivity contribution is 7.17. The van der Waals surface area contributed by atoms with Gasteiger partial charge in [0.2, 0.25) is 0 Å². The summed E-state index contributed by atoms with van der Waals surface area (Å²) in [5.74, 6) is -0.213. The first-order chi connectivity index (χ1) is 16.6. The summed E-state index contributed by atoms with van der Waals surface area (Å²) in [6.07, 6.45) is -4.54. The van der Waals surface area contributed by atoms with Crippen LogP contribution >= 0.6 is 35.3 Å². The Bertz CT molecular complexity index is 1330. The Morgan fingerprint density at radius 3 is 2.31 bits per heavy atom. The molecule has 0 fully saturated rings. The summed E-state index contributed by atoms with van der Waals surface area (Å²) in [5, 5.41) is 3.40. The molecule has 190 valence electrons. The molecule has 0 saturated carbocycles. The fourth-order valence-electron chi connectivity index (χ4n) is 3.72. The van der Waals surface area contributed by atoms with Gasteiger partial charge in [0.05, 0.1) is 32.4 Å². The monoisotopic (exact) mass is 553 g/mol. The van der Waals surface area contributed by atoms with Crippen molar-refractivity contribution in [2.45, 2.75) is 6.18 Å². The summed E-state index contributed by atoms with van der Waals surface area (Å²) >= 11 is 7.27. The maximum atomic E-state index is 14.0. The summed E-state index contributed by atoms with van der Waals surface area (Å²) < 4.78 is 43.5. The molecule has 0 aliphatic carbocycles. The fraction of sp³-hybridized carbons (Fsp3) is 0.192. The third-order valence-corrected chi connectivity index (χ3v) is 6.76. The van der Waals surface area contributed by atoms with Crippen molar-refractivity contribution in [1.29, 1.82) is 0 Å². The van der Waals surface area contributed by atoms with Gasteiger partial charge in [-0.1, -0.05) is 35.9 Å². The van der Waals surface area contributed by atoms with Crippen LogP contribution in [0.15, 0.2) is 72.8 Å². The Morgan fingerprint density at radius 2 is 1.64 bits per heavy atom. The van der Waals surface area contributed by atoms with Crippen LogP contribution in [-0.2, 0) is 6.18 Å². The number of para-hydroxylation sites is 1. The number of rotatable bonds is 7. The van der Waals surface area contributed by atoms with E-state index in [9.17, 15) is 18.0 Å². The number of carbonyl (C=O) groups is 1. The molecule has 0 saturated heterocycles. The maximum absolute atomic E-state index is 14.0. The number of hydrogen-bond acceptors (Lipinski definition) is 3. The Balaban J connectivity index is 0.00000361. The van der Waals surface area contributed by atoms with Crippen LogP contribution in [0.2, 0.25) is 5.02 Å². The highest BCUT2D eigenvalue weighted by Crippen LogP contribution is 2.40. The summed E-state index contributed by atoms with van der Waals surface area (Å²) in [4.78, 5) is 15.7. The molecule has 1 N–H and O–H groups in total. The normalized spacial score (nSPS) is 11.4. The molecule has 0 atom stereocenters. The van der Waals surface area contributed by atoms with Gasteiger partial charge in [-0.2, -0.15) is 13.2 Å². The minimum Gasteiger partial charge on any atom is -0.350 e. The van der Waals surface area contributed by atoms with Crippen molar-refractivity contribution in [3.05, 3.63) is 88.3 Å². The average molecular weight is 554 g/mol. The number of hydrogen-bond donors (Lipinski definition) is 1. The van der Waals surface area contributed by atoms with Crippen LogP contribution in [0.3, 0.4) is 0 Å². The number of nitrogens with zero attached hydrogens (tertiary/aromatic N) is 2. The molecular formula is C26H24Cl2F3N3OS. The number of halogens is 5. The molecule has 4 nitrogen and oxygen atoms in total. The second-order valence-corrected chi connectivity index (χ2v) is 9.70. The van der Waals surface area contributed by atoms with Gasteiger partial charge in [-0.05, 0) is 68.2 Å². The minimum absolute atomic E-state index is 0. The van der Waals surface area contributed by atoms with E-state index in [0.717, 1.165) is 11.6 Å². The number of likely N-dealkylation sites (N-methyl/N-ethyl adjacent to an activating group) is 1. The smallest absolute Gasteiger partial charge is 0.350 e. The van der Waals surface area contributed by atoms with Gasteiger partial charge in [0.15, 0.2) is 0 Å². The number of nitrogens with one attached hydrogen (secondary N) is 1. The Morgan fingerprint density at radius 1 is 0.972 bits per heavy atom. The molecule has 0 unspecified atom stereocenters. The van der Waals surface area contributed by atoms with Crippen molar-refractivity contribution >= 4 is 41.3 Å². The van der Waals surface area contributed by atoms with Crippen LogP contribution < -0.4 is 5.32 Å². The van der Waals surface area contributed by atoms with Crippen molar-refractivity contribution in [1.82, 2.24) is 14.8 Å². The van der Waals surface area contributed by atoms with Gasteiger partial charge in [-0.3, -0.25) is 4.79 Å². The molecule has 0 bridgehead atoms. The first kappa shape index (κ1) is 27.8. The van der Waals surface area contributed by atoms with E-state index >= 15 is 0 Å². The first-order valence-electron chi connectivity index (χ1n) is 10.8. The molecule has 0 radical (unpaired) electrons. The molecule has 2 aromatic carbocycles. The lowest BCUT2D eigenvalue weighted by atomic mass is 10.1. The van der Waals surface area contributed by atoms with Crippen LogP contribution in [0.25, 0.3) is 27.5 Å². The van der Waals surface area contributed by atoms with Crippen LogP contribution in [0, 0.1) is 0 Å². The van der Waals surface area contributed by atoms with Gasteiger partial charge in [0, 0.05) is 18.1 Å². The lowest BCUT2D eigenvalue weighted by Gasteiger charge is -2.18. The van der Waals surface area contributed by atoms with Crippen molar-refractivity contribution in [2.24, 2.45) is 0 Å². The van der Waals surface area contributed by atoms with Crippen molar-refractivity contribution in [3.8, 4) is 27.5 Å². The lowest BCUT2D eigenvalue weighted by Crippen LogP contribution is -2.30. The van der Waals surface area contributed by atoms with Gasteiger partial charge in [0.1, 0.15) is 0 Å².